The largest absolute Gasteiger partial charge is 0.496 e. The first-order valence-corrected chi connectivity index (χ1v) is 11.7. The Morgan fingerprint density at radius 3 is 2.45 bits per heavy atom. The lowest BCUT2D eigenvalue weighted by atomic mass is 10.1. The lowest BCUT2D eigenvalue weighted by Crippen LogP contribution is -2.29. The van der Waals surface area contributed by atoms with E-state index in [2.05, 4.69) is 10.3 Å². The molecule has 1 aliphatic rings. The lowest BCUT2D eigenvalue weighted by Gasteiger charge is -2.16. The highest BCUT2D eigenvalue weighted by Crippen LogP contribution is 2.26. The third-order valence-corrected chi connectivity index (χ3v) is 6.52. The number of benzene rings is 2. The number of imide groups is 1. The molecule has 7 nitrogen and oxygen atoms in total. The van der Waals surface area contributed by atoms with Crippen LogP contribution in [0.5, 0.6) is 5.75 Å². The normalized spacial score (nSPS) is 12.7. The van der Waals surface area contributed by atoms with Crippen molar-refractivity contribution in [1.82, 2.24) is 15.2 Å². The van der Waals surface area contributed by atoms with E-state index in [-0.39, 0.29) is 24.3 Å². The van der Waals surface area contributed by atoms with Gasteiger partial charge in [-0.2, -0.15) is 0 Å². The Bertz CT molecular complexity index is 1170. The van der Waals surface area contributed by atoms with Gasteiger partial charge in [0.25, 0.3) is 17.7 Å². The molecule has 0 spiro atoms. The van der Waals surface area contributed by atoms with Crippen molar-refractivity contribution in [3.05, 3.63) is 80.8 Å². The Kier molecular flexibility index (Phi) is 6.84. The number of aryl methyl sites for hydroxylation is 2. The van der Waals surface area contributed by atoms with Gasteiger partial charge in [-0.25, -0.2) is 4.98 Å². The summed E-state index contributed by atoms with van der Waals surface area (Å²) in [6, 6.07) is 11.9. The highest BCUT2D eigenvalue weighted by Gasteiger charge is 2.35. The van der Waals surface area contributed by atoms with E-state index in [0.717, 1.165) is 30.0 Å². The second-order valence-electron chi connectivity index (χ2n) is 7.87. The molecule has 4 rings (SSSR count). The summed E-state index contributed by atoms with van der Waals surface area (Å²) in [5.41, 5.74) is 2.90. The van der Waals surface area contributed by atoms with Crippen LogP contribution in [0.1, 0.15) is 60.2 Å². The van der Waals surface area contributed by atoms with Gasteiger partial charge in [0.15, 0.2) is 0 Å². The highest BCUT2D eigenvalue weighted by molar-refractivity contribution is 7.09. The third-order valence-electron chi connectivity index (χ3n) is 5.50. The summed E-state index contributed by atoms with van der Waals surface area (Å²) in [6.45, 7) is 2.61. The number of methoxy groups -OCH3 is 1. The van der Waals surface area contributed by atoms with E-state index >= 15 is 0 Å². The number of carbonyl (C=O) groups excluding carboxylic acids is 3. The summed E-state index contributed by atoms with van der Waals surface area (Å²) in [4.78, 5) is 43.8. The van der Waals surface area contributed by atoms with Crippen LogP contribution in [0.3, 0.4) is 0 Å². The van der Waals surface area contributed by atoms with E-state index < -0.39 is 0 Å². The summed E-state index contributed by atoms with van der Waals surface area (Å²) in [6.07, 6.45) is 2.67. The minimum Gasteiger partial charge on any atom is -0.496 e. The predicted octanol–water partition coefficient (Wildman–Crippen LogP) is 4.01. The minimum atomic E-state index is -0.326. The molecule has 170 valence electrons. The first-order chi connectivity index (χ1) is 16.0. The molecule has 0 unspecified atom stereocenters. The van der Waals surface area contributed by atoms with Crippen molar-refractivity contribution in [2.24, 2.45) is 0 Å². The summed E-state index contributed by atoms with van der Waals surface area (Å²) in [5, 5.41) is 6.09. The number of aromatic nitrogens is 1. The second kappa shape index (κ2) is 9.95. The van der Waals surface area contributed by atoms with E-state index in [4.69, 9.17) is 4.74 Å². The Hall–Kier alpha value is -3.52. The standard InChI is InChI=1S/C25H25N3O4S/c1-16-15-33-22(27-16)9-5-6-12-26-23(29)20-13-17(10-11-21(20)32-2)14-28-24(30)18-7-3-4-8-19(18)25(28)31/h3-4,7-8,10-11,13,15H,5-6,9,12,14H2,1-2H3,(H,26,29). The molecule has 3 amide bonds. The van der Waals surface area contributed by atoms with Gasteiger partial charge in [-0.15, -0.1) is 11.3 Å². The van der Waals surface area contributed by atoms with E-state index in [0.29, 0.717) is 34.5 Å². The molecule has 2 aromatic carbocycles. The Morgan fingerprint density at radius 2 is 1.82 bits per heavy atom. The Balaban J connectivity index is 1.38. The number of unbranched alkanes of at least 4 members (excludes halogenated alkanes) is 1. The Labute approximate surface area is 196 Å². The molecule has 1 aliphatic heterocycles. The average Bonchev–Trinajstić information content (AvgIpc) is 3.35. The van der Waals surface area contributed by atoms with Crippen molar-refractivity contribution >= 4 is 29.1 Å². The van der Waals surface area contributed by atoms with Gasteiger partial charge in [0, 0.05) is 17.6 Å². The predicted molar refractivity (Wildman–Crippen MR) is 126 cm³/mol. The minimum absolute atomic E-state index is 0.0872. The van der Waals surface area contributed by atoms with E-state index in [1.807, 2.05) is 12.3 Å². The van der Waals surface area contributed by atoms with Crippen LogP contribution in [0, 0.1) is 6.92 Å². The monoisotopic (exact) mass is 463 g/mol. The van der Waals surface area contributed by atoms with Gasteiger partial charge in [0.05, 0.1) is 35.4 Å². The molecule has 0 radical (unpaired) electrons. The Morgan fingerprint density at radius 1 is 1.09 bits per heavy atom. The molecule has 2 heterocycles. The van der Waals surface area contributed by atoms with Crippen LogP contribution in [-0.2, 0) is 13.0 Å². The van der Waals surface area contributed by atoms with Crippen LogP contribution < -0.4 is 10.1 Å². The third kappa shape index (κ3) is 4.96. The zero-order chi connectivity index (χ0) is 23.4. The molecule has 1 aromatic heterocycles. The smallest absolute Gasteiger partial charge is 0.261 e. The van der Waals surface area contributed by atoms with E-state index in [1.54, 1.807) is 53.8 Å². The highest BCUT2D eigenvalue weighted by atomic mass is 32.1. The fourth-order valence-electron chi connectivity index (χ4n) is 3.81. The van der Waals surface area contributed by atoms with Gasteiger partial charge in [0.2, 0.25) is 0 Å². The second-order valence-corrected chi connectivity index (χ2v) is 8.81. The van der Waals surface area contributed by atoms with Crippen LogP contribution in [-0.4, -0.2) is 41.3 Å². The van der Waals surface area contributed by atoms with Crippen molar-refractivity contribution in [2.45, 2.75) is 32.7 Å². The molecule has 33 heavy (non-hydrogen) atoms. The number of amides is 3. The van der Waals surface area contributed by atoms with Crippen molar-refractivity contribution in [1.29, 1.82) is 0 Å². The zero-order valence-electron chi connectivity index (χ0n) is 18.6. The molecule has 3 aromatic rings. The first-order valence-electron chi connectivity index (χ1n) is 10.8. The summed E-state index contributed by atoms with van der Waals surface area (Å²) in [5.74, 6) is -0.460. The number of nitrogens with zero attached hydrogens (tertiary/aromatic N) is 2. The number of rotatable bonds is 9. The number of fused-ring (bicyclic) bond motifs is 1. The van der Waals surface area contributed by atoms with E-state index in [9.17, 15) is 14.4 Å². The fourth-order valence-corrected chi connectivity index (χ4v) is 4.63. The van der Waals surface area contributed by atoms with Gasteiger partial charge in [0.1, 0.15) is 5.75 Å². The van der Waals surface area contributed by atoms with Crippen molar-refractivity contribution in [3.8, 4) is 5.75 Å². The number of hydrogen-bond acceptors (Lipinski definition) is 6. The topological polar surface area (TPSA) is 88.6 Å². The molecular formula is C25H25N3O4S. The lowest BCUT2D eigenvalue weighted by molar-refractivity contribution is 0.0642. The number of nitrogens with one attached hydrogen (secondary N) is 1. The quantitative estimate of drug-likeness (QED) is 0.383. The molecular weight excluding hydrogens is 438 g/mol. The van der Waals surface area contributed by atoms with Crippen LogP contribution in [0.25, 0.3) is 0 Å². The summed E-state index contributed by atoms with van der Waals surface area (Å²) >= 11 is 1.66. The number of ether oxygens (including phenoxy) is 1. The van der Waals surface area contributed by atoms with Crippen molar-refractivity contribution in [2.75, 3.05) is 13.7 Å². The van der Waals surface area contributed by atoms with Crippen LogP contribution in [0.15, 0.2) is 47.8 Å². The fraction of sp³-hybridized carbons (Fsp3) is 0.280. The maximum absolute atomic E-state index is 12.8. The molecule has 8 heteroatoms. The van der Waals surface area contributed by atoms with Gasteiger partial charge in [-0.05, 0) is 56.0 Å². The first kappa shape index (κ1) is 22.7. The molecule has 1 N–H and O–H groups in total. The van der Waals surface area contributed by atoms with E-state index in [1.165, 1.54) is 12.0 Å². The molecule has 0 saturated heterocycles. The maximum Gasteiger partial charge on any atom is 0.261 e. The average molecular weight is 464 g/mol. The molecule has 0 saturated carbocycles. The van der Waals surface area contributed by atoms with Crippen molar-refractivity contribution < 1.29 is 19.1 Å². The number of carbonyl (C=O) groups is 3. The van der Waals surface area contributed by atoms with Crippen LogP contribution in [0.2, 0.25) is 0 Å². The SMILES string of the molecule is COc1ccc(CN2C(=O)c3ccccc3C2=O)cc1C(=O)NCCCCc1nc(C)cs1. The number of thiazole rings is 1. The van der Waals surface area contributed by atoms with Gasteiger partial charge in [-0.3, -0.25) is 19.3 Å². The van der Waals surface area contributed by atoms with Gasteiger partial charge < -0.3 is 10.1 Å². The zero-order valence-corrected chi connectivity index (χ0v) is 19.4. The molecule has 0 aliphatic carbocycles. The van der Waals surface area contributed by atoms with Crippen LogP contribution in [0.4, 0.5) is 0 Å². The molecule has 0 bridgehead atoms. The summed E-state index contributed by atoms with van der Waals surface area (Å²) in [7, 11) is 1.51. The molecule has 0 fully saturated rings. The maximum atomic E-state index is 12.8. The van der Waals surface area contributed by atoms with Gasteiger partial charge >= 0.3 is 0 Å². The molecule has 0 atom stereocenters. The van der Waals surface area contributed by atoms with Gasteiger partial charge in [-0.1, -0.05) is 18.2 Å². The van der Waals surface area contributed by atoms with Crippen molar-refractivity contribution in [3.63, 3.8) is 0 Å². The number of hydrogen-bond donors (Lipinski definition) is 1. The van der Waals surface area contributed by atoms with Crippen LogP contribution >= 0.6 is 11.3 Å². The summed E-state index contributed by atoms with van der Waals surface area (Å²) < 4.78 is 5.36.